The summed E-state index contributed by atoms with van der Waals surface area (Å²) in [6, 6.07) is 6.05. The molecule has 0 aromatic heterocycles. The lowest BCUT2D eigenvalue weighted by Crippen LogP contribution is -2.27. The second-order valence-electron chi connectivity index (χ2n) is 5.43. The van der Waals surface area contributed by atoms with Gasteiger partial charge in [0.25, 0.3) is 0 Å². The van der Waals surface area contributed by atoms with Gasteiger partial charge in [-0.15, -0.1) is 0 Å². The maximum Gasteiger partial charge on any atom is 0.0642 e. The second kappa shape index (κ2) is 9.22. The van der Waals surface area contributed by atoms with Crippen LogP contribution in [0.5, 0.6) is 0 Å². The Kier molecular flexibility index (Phi) is 7.97. The number of nitrogens with zero attached hydrogens (tertiary/aromatic N) is 1. The van der Waals surface area contributed by atoms with Crippen molar-refractivity contribution >= 4 is 17.3 Å². The van der Waals surface area contributed by atoms with Crippen LogP contribution in [0.15, 0.2) is 18.2 Å². The molecule has 20 heavy (non-hydrogen) atoms. The highest BCUT2D eigenvalue weighted by Crippen LogP contribution is 2.30. The zero-order valence-corrected chi connectivity index (χ0v) is 13.6. The van der Waals surface area contributed by atoms with Gasteiger partial charge in [-0.25, -0.2) is 0 Å². The largest absolute Gasteiger partial charge is 0.396 e. The molecule has 0 aliphatic rings. The SMILES string of the molecule is CCN(CCCO)c1c(Cl)cccc1CNCC(C)C. The quantitative estimate of drug-likeness (QED) is 0.734. The van der Waals surface area contributed by atoms with Crippen LogP contribution < -0.4 is 10.2 Å². The fourth-order valence-electron chi connectivity index (χ4n) is 2.24. The van der Waals surface area contributed by atoms with Crippen molar-refractivity contribution in [1.29, 1.82) is 0 Å². The molecule has 114 valence electrons. The molecule has 0 heterocycles. The Morgan fingerprint density at radius 1 is 1.35 bits per heavy atom. The van der Waals surface area contributed by atoms with Gasteiger partial charge >= 0.3 is 0 Å². The van der Waals surface area contributed by atoms with E-state index < -0.39 is 0 Å². The number of hydrogen-bond donors (Lipinski definition) is 2. The molecule has 0 atom stereocenters. The molecule has 1 rings (SSSR count). The molecule has 4 heteroatoms. The molecule has 1 aromatic rings. The van der Waals surface area contributed by atoms with Crippen molar-refractivity contribution < 1.29 is 5.11 Å². The fourth-order valence-corrected chi connectivity index (χ4v) is 2.56. The van der Waals surface area contributed by atoms with E-state index in [0.29, 0.717) is 5.92 Å². The number of halogens is 1. The van der Waals surface area contributed by atoms with Crippen molar-refractivity contribution in [2.24, 2.45) is 5.92 Å². The van der Waals surface area contributed by atoms with Crippen LogP contribution in [-0.2, 0) is 6.54 Å². The lowest BCUT2D eigenvalue weighted by Gasteiger charge is -2.27. The third-order valence-corrected chi connectivity index (χ3v) is 3.53. The lowest BCUT2D eigenvalue weighted by molar-refractivity contribution is 0.289. The number of nitrogens with one attached hydrogen (secondary N) is 1. The molecule has 0 saturated carbocycles. The van der Waals surface area contributed by atoms with Crippen molar-refractivity contribution in [3.8, 4) is 0 Å². The van der Waals surface area contributed by atoms with Gasteiger partial charge in [0.1, 0.15) is 0 Å². The van der Waals surface area contributed by atoms with E-state index in [1.165, 1.54) is 5.56 Å². The van der Waals surface area contributed by atoms with Crippen molar-refractivity contribution in [3.05, 3.63) is 28.8 Å². The molecule has 0 saturated heterocycles. The van der Waals surface area contributed by atoms with Gasteiger partial charge in [-0.3, -0.25) is 0 Å². The summed E-state index contributed by atoms with van der Waals surface area (Å²) in [5.74, 6) is 0.634. The van der Waals surface area contributed by atoms with Gasteiger partial charge < -0.3 is 15.3 Å². The number of para-hydroxylation sites is 1. The van der Waals surface area contributed by atoms with Gasteiger partial charge in [0.2, 0.25) is 0 Å². The average molecular weight is 299 g/mol. The van der Waals surface area contributed by atoms with Gasteiger partial charge in [0.15, 0.2) is 0 Å². The normalized spacial score (nSPS) is 11.1. The Hall–Kier alpha value is -0.770. The number of benzene rings is 1. The summed E-state index contributed by atoms with van der Waals surface area (Å²) in [6.07, 6.45) is 0.762. The van der Waals surface area contributed by atoms with Gasteiger partial charge in [0.05, 0.1) is 10.7 Å². The molecule has 0 aliphatic heterocycles. The summed E-state index contributed by atoms with van der Waals surface area (Å²) in [6.45, 7) is 10.3. The highest BCUT2D eigenvalue weighted by atomic mass is 35.5. The van der Waals surface area contributed by atoms with Crippen LogP contribution in [0.3, 0.4) is 0 Å². The molecule has 1 aromatic carbocycles. The smallest absolute Gasteiger partial charge is 0.0642 e. The molecular weight excluding hydrogens is 272 g/mol. The maximum absolute atomic E-state index is 9.03. The van der Waals surface area contributed by atoms with Crippen LogP contribution in [0.1, 0.15) is 32.8 Å². The zero-order chi connectivity index (χ0) is 15.0. The third-order valence-electron chi connectivity index (χ3n) is 3.22. The first kappa shape index (κ1) is 17.3. The molecule has 0 unspecified atom stereocenters. The van der Waals surface area contributed by atoms with E-state index in [-0.39, 0.29) is 6.61 Å². The molecular formula is C16H27ClN2O. The molecule has 0 spiro atoms. The summed E-state index contributed by atoms with van der Waals surface area (Å²) >= 11 is 6.39. The lowest BCUT2D eigenvalue weighted by atomic mass is 10.1. The number of rotatable bonds is 9. The second-order valence-corrected chi connectivity index (χ2v) is 5.84. The Morgan fingerprint density at radius 3 is 2.70 bits per heavy atom. The number of aliphatic hydroxyl groups excluding tert-OH is 1. The van der Waals surface area contributed by atoms with Gasteiger partial charge in [-0.2, -0.15) is 0 Å². The Balaban J connectivity index is 2.85. The van der Waals surface area contributed by atoms with Crippen LogP contribution in [0.4, 0.5) is 5.69 Å². The molecule has 0 bridgehead atoms. The Morgan fingerprint density at radius 2 is 2.10 bits per heavy atom. The van der Waals surface area contributed by atoms with Gasteiger partial charge in [0, 0.05) is 26.2 Å². The zero-order valence-electron chi connectivity index (χ0n) is 12.8. The van der Waals surface area contributed by atoms with E-state index in [9.17, 15) is 0 Å². The van der Waals surface area contributed by atoms with Crippen LogP contribution in [-0.4, -0.2) is 31.3 Å². The number of hydrogen-bond acceptors (Lipinski definition) is 3. The first-order chi connectivity index (χ1) is 9.60. The van der Waals surface area contributed by atoms with Crippen molar-refractivity contribution in [1.82, 2.24) is 5.32 Å². The summed E-state index contributed by atoms with van der Waals surface area (Å²) in [5.41, 5.74) is 2.32. The highest BCUT2D eigenvalue weighted by molar-refractivity contribution is 6.33. The Labute approximate surface area is 127 Å². The van der Waals surface area contributed by atoms with E-state index in [4.69, 9.17) is 16.7 Å². The summed E-state index contributed by atoms with van der Waals surface area (Å²) < 4.78 is 0. The van der Waals surface area contributed by atoms with Crippen molar-refractivity contribution in [3.63, 3.8) is 0 Å². The number of aliphatic hydroxyl groups is 1. The van der Waals surface area contributed by atoms with Crippen LogP contribution in [0.2, 0.25) is 5.02 Å². The molecule has 0 amide bonds. The molecule has 2 N–H and O–H groups in total. The first-order valence-corrected chi connectivity index (χ1v) is 7.81. The summed E-state index contributed by atoms with van der Waals surface area (Å²) in [7, 11) is 0. The van der Waals surface area contributed by atoms with E-state index >= 15 is 0 Å². The predicted octanol–water partition coefficient (Wildman–Crippen LogP) is 3.29. The molecule has 3 nitrogen and oxygen atoms in total. The minimum absolute atomic E-state index is 0.210. The number of anilines is 1. The van der Waals surface area contributed by atoms with E-state index in [1.807, 2.05) is 12.1 Å². The van der Waals surface area contributed by atoms with Crippen LogP contribution in [0, 0.1) is 5.92 Å². The summed E-state index contributed by atoms with van der Waals surface area (Å²) in [4.78, 5) is 2.24. The Bertz CT molecular complexity index is 396. The van der Waals surface area contributed by atoms with E-state index in [1.54, 1.807) is 0 Å². The van der Waals surface area contributed by atoms with Crippen molar-refractivity contribution in [2.75, 3.05) is 31.1 Å². The third kappa shape index (κ3) is 5.31. The summed E-state index contributed by atoms with van der Waals surface area (Å²) in [5, 5.41) is 13.3. The first-order valence-electron chi connectivity index (χ1n) is 7.44. The highest BCUT2D eigenvalue weighted by Gasteiger charge is 2.13. The predicted molar refractivity (Wildman–Crippen MR) is 87.6 cm³/mol. The average Bonchev–Trinajstić information content (AvgIpc) is 2.41. The van der Waals surface area contributed by atoms with Crippen molar-refractivity contribution in [2.45, 2.75) is 33.7 Å². The van der Waals surface area contributed by atoms with Gasteiger partial charge in [-0.05, 0) is 37.4 Å². The van der Waals surface area contributed by atoms with E-state index in [2.05, 4.69) is 37.1 Å². The molecule has 0 fully saturated rings. The fraction of sp³-hybridized carbons (Fsp3) is 0.625. The van der Waals surface area contributed by atoms with Crippen LogP contribution in [0.25, 0.3) is 0 Å². The minimum atomic E-state index is 0.210. The topological polar surface area (TPSA) is 35.5 Å². The molecule has 0 aliphatic carbocycles. The minimum Gasteiger partial charge on any atom is -0.396 e. The monoisotopic (exact) mass is 298 g/mol. The van der Waals surface area contributed by atoms with E-state index in [0.717, 1.165) is 43.3 Å². The van der Waals surface area contributed by atoms with Crippen LogP contribution >= 0.6 is 11.6 Å². The molecule has 0 radical (unpaired) electrons. The standard InChI is InChI=1S/C16H27ClN2O/c1-4-19(9-6-10-20)16-14(7-5-8-15(16)17)12-18-11-13(2)3/h5,7-8,13,18,20H,4,6,9-12H2,1-3H3. The maximum atomic E-state index is 9.03. The van der Waals surface area contributed by atoms with Gasteiger partial charge in [-0.1, -0.05) is 37.6 Å².